The molecule has 12 rings (SSSR count). The Balaban J connectivity index is 0.918. The highest BCUT2D eigenvalue weighted by Gasteiger charge is 2.79. The van der Waals surface area contributed by atoms with Gasteiger partial charge in [0.15, 0.2) is 29.2 Å². The van der Waals surface area contributed by atoms with Crippen LogP contribution in [0.5, 0.6) is 23.0 Å². The first-order valence-corrected chi connectivity index (χ1v) is 30.4. The highest BCUT2D eigenvalue weighted by atomic mass is 16.6. The van der Waals surface area contributed by atoms with E-state index >= 15 is 4.79 Å². The second kappa shape index (κ2) is 23.7. The lowest BCUT2D eigenvalue weighted by Gasteiger charge is -2.67. The number of ether oxygens (including phenoxy) is 8. The average molecular weight is 1280 g/mol. The summed E-state index contributed by atoms with van der Waals surface area (Å²) in [6.45, 7) is 8.73. The van der Waals surface area contributed by atoms with Gasteiger partial charge in [-0.2, -0.15) is 0 Å². The molecule has 23 heteroatoms. The molecule has 6 aliphatic rings. The molecule has 0 aromatic heterocycles. The van der Waals surface area contributed by atoms with E-state index in [4.69, 9.17) is 37.9 Å². The van der Waals surface area contributed by atoms with E-state index < -0.39 is 155 Å². The lowest BCUT2D eigenvalue weighted by Crippen LogP contribution is -2.82. The number of phenolic OH excluding ortho intramolecular Hbond substituents is 2. The number of aliphatic hydroxyl groups excluding tert-OH is 1. The maximum atomic E-state index is 16.6. The average Bonchev–Trinajstić information content (AvgIpc) is 0.779. The van der Waals surface area contributed by atoms with Crippen molar-refractivity contribution in [2.24, 2.45) is 16.7 Å². The Labute approximate surface area is 537 Å². The van der Waals surface area contributed by atoms with Crippen LogP contribution < -0.4 is 15.4 Å². The summed E-state index contributed by atoms with van der Waals surface area (Å²) in [5.74, 6) is -10.7. The third-order valence-electron chi connectivity index (χ3n) is 19.4. The topological polar surface area (TPSA) is 332 Å². The first-order valence-electron chi connectivity index (χ1n) is 30.4. The Morgan fingerprint density at radius 1 is 0.660 bits per heavy atom. The van der Waals surface area contributed by atoms with Crippen LogP contribution in [0.3, 0.4) is 0 Å². The normalized spacial score (nSPS) is 26.5. The van der Waals surface area contributed by atoms with Gasteiger partial charge in [0.1, 0.15) is 59.1 Å². The van der Waals surface area contributed by atoms with E-state index in [0.717, 1.165) is 13.8 Å². The van der Waals surface area contributed by atoms with Crippen LogP contribution in [0.1, 0.15) is 131 Å². The Bertz CT molecular complexity index is 4120. The number of rotatable bonds is 14. The first kappa shape index (κ1) is 63.9. The predicted molar refractivity (Wildman–Crippen MR) is 327 cm³/mol. The molecule has 23 nitrogen and oxygen atoms in total. The number of carbonyl (C=O) groups excluding carboxylic acids is 9. The molecule has 3 fully saturated rings. The molecule has 1 spiro atoms. The highest BCUT2D eigenvalue weighted by Crippen LogP contribution is 2.65. The predicted octanol–water partition coefficient (Wildman–Crippen LogP) is 7.08. The van der Waals surface area contributed by atoms with Crippen LogP contribution in [-0.4, -0.2) is 134 Å². The minimum atomic E-state index is -2.61. The molecule has 6 aromatic carbocycles. The van der Waals surface area contributed by atoms with Crippen LogP contribution in [-0.2, 0) is 62.7 Å². The summed E-state index contributed by atoms with van der Waals surface area (Å²) in [6.07, 6.45) is -12.0. The van der Waals surface area contributed by atoms with E-state index in [2.05, 4.69) is 10.6 Å². The van der Waals surface area contributed by atoms with E-state index in [1.807, 2.05) is 0 Å². The van der Waals surface area contributed by atoms with Gasteiger partial charge in [-0.3, -0.25) is 24.0 Å². The molecule has 12 atom stereocenters. The van der Waals surface area contributed by atoms with Gasteiger partial charge in [-0.1, -0.05) is 86.6 Å². The Kier molecular flexibility index (Phi) is 16.1. The standard InChI is InChI=1S/C71H66N2O21/c1-35-51(90-66(85)56(78)55(39-17-11-8-12-18-39)73-61(80)40-19-13-9-14-20-40)33-70(86)60(92-64(83)41-21-15-10-16-22-41)58-68(7,59(79)57(88-37(3)74)54(35)67(70,5)6)52(32-53-69(58,34-87-53)93-38(4)75)91-63(82)36(2)72-62(81)42-23-26-46-45(29-42)65(84)94-71(46)47-27-24-43(76)30-49(47)89-50-31-44(77)25-28-48(50)71/h8-31,36,51-53,55-58,60,76-78,86H,32-34H2,1-7H3,(H,72,81)(H,73,80)/t36-,51-,52-,53+,55-,56+,57+,58-,60-,68+,69-,70+/m0/s1. The number of hydrogen-bond donors (Lipinski definition) is 6. The van der Waals surface area contributed by atoms with Crippen molar-refractivity contribution in [3.05, 3.63) is 201 Å². The van der Waals surface area contributed by atoms with Crippen molar-refractivity contribution in [3.8, 4) is 23.0 Å². The third-order valence-corrected chi connectivity index (χ3v) is 19.4. The number of hydrogen-bond acceptors (Lipinski definition) is 21. The molecule has 2 amide bonds. The van der Waals surface area contributed by atoms with Crippen LogP contribution in [0.25, 0.3) is 0 Å². The molecule has 94 heavy (non-hydrogen) atoms. The molecule has 0 unspecified atom stereocenters. The minimum absolute atomic E-state index is 0.0391. The fraction of sp³-hybridized carbons (Fsp3) is 0.338. The third kappa shape index (κ3) is 10.4. The van der Waals surface area contributed by atoms with E-state index in [0.29, 0.717) is 16.7 Å². The number of phenols is 2. The Hall–Kier alpha value is -10.2. The van der Waals surface area contributed by atoms with Crippen molar-refractivity contribution < 1.29 is 101 Å². The monoisotopic (exact) mass is 1280 g/mol. The summed E-state index contributed by atoms with van der Waals surface area (Å²) in [5.41, 5.74) is -9.36. The van der Waals surface area contributed by atoms with Crippen LogP contribution in [0.4, 0.5) is 0 Å². The maximum absolute atomic E-state index is 16.6. The molecule has 0 radical (unpaired) electrons. The molecule has 3 aliphatic carbocycles. The number of aliphatic hydroxyl groups is 2. The molecule has 6 aromatic rings. The highest BCUT2D eigenvalue weighted by molar-refractivity contribution is 6.03. The molecular weight excluding hydrogens is 1220 g/mol. The zero-order valence-electron chi connectivity index (χ0n) is 51.9. The molecule has 486 valence electrons. The summed E-state index contributed by atoms with van der Waals surface area (Å²) >= 11 is 0. The number of carbonyl (C=O) groups is 9. The van der Waals surface area contributed by atoms with Crippen molar-refractivity contribution in [1.29, 1.82) is 0 Å². The summed E-state index contributed by atoms with van der Waals surface area (Å²) in [7, 11) is 0. The van der Waals surface area contributed by atoms with Crippen LogP contribution >= 0.6 is 0 Å². The Morgan fingerprint density at radius 2 is 1.24 bits per heavy atom. The summed E-state index contributed by atoms with van der Waals surface area (Å²) in [5, 5.41) is 52.5. The van der Waals surface area contributed by atoms with E-state index in [-0.39, 0.29) is 62.0 Å². The van der Waals surface area contributed by atoms with Gasteiger partial charge in [0.2, 0.25) is 0 Å². The van der Waals surface area contributed by atoms with Gasteiger partial charge >= 0.3 is 35.8 Å². The lowest BCUT2D eigenvalue weighted by atomic mass is 9.44. The molecule has 3 aliphatic heterocycles. The van der Waals surface area contributed by atoms with E-state index in [1.165, 1.54) is 113 Å². The van der Waals surface area contributed by atoms with Gasteiger partial charge < -0.3 is 69.0 Å². The number of ketones is 1. The lowest BCUT2D eigenvalue weighted by molar-refractivity contribution is -0.346. The number of amides is 2. The maximum Gasteiger partial charge on any atom is 0.340 e. The largest absolute Gasteiger partial charge is 0.508 e. The SMILES string of the molecule is CC(=O)O[C@H]1C(=O)[C@]2(C)[C@@H](OC(=O)[C@H](C)NC(=O)c3ccc4c(c3)C(=O)OC43c4ccc(O)cc4Oc4cc(O)ccc43)C[C@H]3OC[C@@]3(OC(C)=O)[C@H]2[C@H](OC(=O)c2ccccc2)[C@]2(O)C[C@H](OC(=O)[C@H](O)[C@@H](NC(=O)c3ccccc3)c3ccccc3)C(C)=C1C2(C)C. The van der Waals surface area contributed by atoms with Gasteiger partial charge in [-0.15, -0.1) is 0 Å². The van der Waals surface area contributed by atoms with Crippen LogP contribution in [0, 0.1) is 16.7 Å². The summed E-state index contributed by atoms with van der Waals surface area (Å²) < 4.78 is 50.0. The number of benzene rings is 6. The number of Topliss-reactive ketones (excluding diaryl/α,β-unsaturated/α-hetero) is 1. The molecular formula is C71H66N2O21. The van der Waals surface area contributed by atoms with Gasteiger partial charge in [0.25, 0.3) is 11.8 Å². The molecule has 6 N–H and O–H groups in total. The fourth-order valence-corrected chi connectivity index (χ4v) is 14.8. The number of esters is 6. The van der Waals surface area contributed by atoms with Crippen LogP contribution in [0.2, 0.25) is 0 Å². The number of nitrogens with one attached hydrogen (secondary N) is 2. The van der Waals surface area contributed by atoms with Crippen molar-refractivity contribution in [3.63, 3.8) is 0 Å². The zero-order valence-corrected chi connectivity index (χ0v) is 51.9. The minimum Gasteiger partial charge on any atom is -0.508 e. The molecule has 2 saturated carbocycles. The second-order valence-corrected chi connectivity index (χ2v) is 25.3. The van der Waals surface area contributed by atoms with Crippen molar-refractivity contribution in [2.75, 3.05) is 6.61 Å². The number of fused-ring (bicyclic) bond motifs is 11. The number of aromatic hydroxyl groups is 2. The fourth-order valence-electron chi connectivity index (χ4n) is 14.8. The molecule has 2 bridgehead atoms. The summed E-state index contributed by atoms with van der Waals surface area (Å²) in [6, 6.07) is 33.3. The van der Waals surface area contributed by atoms with Gasteiger partial charge in [-0.05, 0) is 98.1 Å². The van der Waals surface area contributed by atoms with Crippen molar-refractivity contribution in [2.45, 2.75) is 127 Å². The quantitative estimate of drug-likeness (QED) is 0.0360. The van der Waals surface area contributed by atoms with E-state index in [9.17, 15) is 58.8 Å². The zero-order chi connectivity index (χ0) is 67.1. The summed E-state index contributed by atoms with van der Waals surface area (Å²) in [4.78, 5) is 131. The van der Waals surface area contributed by atoms with Crippen molar-refractivity contribution in [1.82, 2.24) is 10.6 Å². The van der Waals surface area contributed by atoms with Gasteiger partial charge in [0, 0.05) is 72.1 Å². The molecule has 3 heterocycles. The first-order chi connectivity index (χ1) is 44.6. The molecule has 1 saturated heterocycles. The van der Waals surface area contributed by atoms with Crippen LogP contribution in [0.15, 0.2) is 157 Å². The van der Waals surface area contributed by atoms with Gasteiger partial charge in [0.05, 0.1) is 35.1 Å². The van der Waals surface area contributed by atoms with E-state index in [1.54, 1.807) is 66.7 Å². The smallest absolute Gasteiger partial charge is 0.340 e. The second-order valence-electron chi connectivity index (χ2n) is 25.3. The Morgan fingerprint density at radius 3 is 1.83 bits per heavy atom. The van der Waals surface area contributed by atoms with Gasteiger partial charge in [-0.25, -0.2) is 19.2 Å². The van der Waals surface area contributed by atoms with Crippen molar-refractivity contribution >= 4 is 53.4 Å².